The highest BCUT2D eigenvalue weighted by atomic mass is 32.1. The fourth-order valence-corrected chi connectivity index (χ4v) is 3.43. The summed E-state index contributed by atoms with van der Waals surface area (Å²) in [5.74, 6) is 0.0728. The Morgan fingerprint density at radius 1 is 1.20 bits per heavy atom. The average molecular weight is 351 g/mol. The molecule has 25 heavy (non-hydrogen) atoms. The molecule has 128 valence electrons. The normalized spacial score (nSPS) is 10.6. The number of rotatable bonds is 7. The lowest BCUT2D eigenvalue weighted by molar-refractivity contribution is -0.121. The summed E-state index contributed by atoms with van der Waals surface area (Å²) in [4.78, 5) is 20.7. The van der Waals surface area contributed by atoms with Crippen molar-refractivity contribution in [1.82, 2.24) is 15.3 Å². The fraction of sp³-hybridized carbons (Fsp3) is 0.250. The van der Waals surface area contributed by atoms with E-state index in [1.54, 1.807) is 23.7 Å². The maximum atomic E-state index is 12.0. The molecule has 4 nitrogen and oxygen atoms in total. The van der Waals surface area contributed by atoms with Crippen LogP contribution in [0.2, 0.25) is 0 Å². The summed E-state index contributed by atoms with van der Waals surface area (Å²) in [6.45, 7) is 2.75. The maximum Gasteiger partial charge on any atom is 0.220 e. The molecule has 1 N–H and O–H groups in total. The highest BCUT2D eigenvalue weighted by molar-refractivity contribution is 7.13. The van der Waals surface area contributed by atoms with Gasteiger partial charge in [0, 0.05) is 36.3 Å². The Kier molecular flexibility index (Phi) is 5.90. The molecule has 2 aromatic heterocycles. The van der Waals surface area contributed by atoms with Crippen molar-refractivity contribution in [2.45, 2.75) is 26.2 Å². The molecule has 0 saturated carbocycles. The van der Waals surface area contributed by atoms with Crippen LogP contribution in [0.15, 0.2) is 54.2 Å². The number of hydrogen-bond acceptors (Lipinski definition) is 4. The molecule has 1 amide bonds. The molecule has 0 unspecified atom stereocenters. The first-order valence-corrected chi connectivity index (χ1v) is 9.26. The Bertz CT molecular complexity index is 830. The summed E-state index contributed by atoms with van der Waals surface area (Å²) < 4.78 is 0. The SMILES string of the molecule is Cc1cccc(CCNC(=O)CCc2csc(-c3cccnc3)n2)c1. The summed E-state index contributed by atoms with van der Waals surface area (Å²) in [7, 11) is 0. The van der Waals surface area contributed by atoms with Gasteiger partial charge in [0.25, 0.3) is 0 Å². The van der Waals surface area contributed by atoms with Crippen molar-refractivity contribution < 1.29 is 4.79 Å². The van der Waals surface area contributed by atoms with E-state index in [4.69, 9.17) is 0 Å². The second-order valence-electron chi connectivity index (χ2n) is 5.97. The quantitative estimate of drug-likeness (QED) is 0.704. The van der Waals surface area contributed by atoms with Gasteiger partial charge in [-0.1, -0.05) is 29.8 Å². The Labute approximate surface area is 152 Å². The minimum absolute atomic E-state index is 0.0728. The molecule has 2 heterocycles. The van der Waals surface area contributed by atoms with Crippen LogP contribution in [0.5, 0.6) is 0 Å². The Balaban J connectivity index is 1.43. The van der Waals surface area contributed by atoms with Crippen LogP contribution in [-0.2, 0) is 17.6 Å². The Morgan fingerprint density at radius 2 is 2.12 bits per heavy atom. The first-order valence-electron chi connectivity index (χ1n) is 8.38. The largest absolute Gasteiger partial charge is 0.356 e. The zero-order valence-electron chi connectivity index (χ0n) is 14.2. The van der Waals surface area contributed by atoms with Gasteiger partial charge in [0.05, 0.1) is 5.69 Å². The van der Waals surface area contributed by atoms with E-state index in [0.29, 0.717) is 19.4 Å². The third-order valence-electron chi connectivity index (χ3n) is 3.89. The van der Waals surface area contributed by atoms with Crippen molar-refractivity contribution in [1.29, 1.82) is 0 Å². The number of aromatic nitrogens is 2. The summed E-state index contributed by atoms with van der Waals surface area (Å²) in [5, 5.41) is 5.95. The summed E-state index contributed by atoms with van der Waals surface area (Å²) >= 11 is 1.59. The van der Waals surface area contributed by atoms with Crippen LogP contribution >= 0.6 is 11.3 Å². The number of aryl methyl sites for hydroxylation is 2. The summed E-state index contributed by atoms with van der Waals surface area (Å²) in [6, 6.07) is 12.3. The first-order chi connectivity index (χ1) is 12.2. The van der Waals surface area contributed by atoms with Gasteiger partial charge in [0.1, 0.15) is 5.01 Å². The van der Waals surface area contributed by atoms with Crippen LogP contribution in [0, 0.1) is 6.92 Å². The van der Waals surface area contributed by atoms with Gasteiger partial charge < -0.3 is 5.32 Å². The molecule has 5 heteroatoms. The van der Waals surface area contributed by atoms with E-state index in [0.717, 1.165) is 22.7 Å². The van der Waals surface area contributed by atoms with E-state index in [-0.39, 0.29) is 5.91 Å². The van der Waals surface area contributed by atoms with Gasteiger partial charge in [0.2, 0.25) is 5.91 Å². The molecular formula is C20H21N3OS. The second-order valence-corrected chi connectivity index (χ2v) is 6.83. The van der Waals surface area contributed by atoms with Crippen molar-refractivity contribution in [3.05, 3.63) is 71.0 Å². The topological polar surface area (TPSA) is 54.9 Å². The highest BCUT2D eigenvalue weighted by Crippen LogP contribution is 2.23. The molecule has 0 fully saturated rings. The van der Waals surface area contributed by atoms with E-state index < -0.39 is 0 Å². The number of pyridine rings is 1. The molecule has 0 saturated heterocycles. The zero-order chi connectivity index (χ0) is 17.5. The molecule has 3 aromatic rings. The lowest BCUT2D eigenvalue weighted by atomic mass is 10.1. The van der Waals surface area contributed by atoms with Crippen molar-refractivity contribution in [2.24, 2.45) is 0 Å². The number of carbonyl (C=O) groups excluding carboxylic acids is 1. The fourth-order valence-electron chi connectivity index (χ4n) is 2.59. The van der Waals surface area contributed by atoms with Crippen LogP contribution < -0.4 is 5.32 Å². The maximum absolute atomic E-state index is 12.0. The molecular weight excluding hydrogens is 330 g/mol. The molecule has 0 radical (unpaired) electrons. The van der Waals surface area contributed by atoms with Gasteiger partial charge in [-0.3, -0.25) is 9.78 Å². The Morgan fingerprint density at radius 3 is 2.92 bits per heavy atom. The third kappa shape index (κ3) is 5.22. The summed E-state index contributed by atoms with van der Waals surface area (Å²) in [6.07, 6.45) is 5.53. The second kappa shape index (κ2) is 8.53. The minimum Gasteiger partial charge on any atom is -0.356 e. The average Bonchev–Trinajstić information content (AvgIpc) is 3.10. The van der Waals surface area contributed by atoms with Crippen LogP contribution in [0.1, 0.15) is 23.2 Å². The van der Waals surface area contributed by atoms with Crippen LogP contribution in [-0.4, -0.2) is 22.4 Å². The van der Waals surface area contributed by atoms with Crippen molar-refractivity contribution in [2.75, 3.05) is 6.54 Å². The zero-order valence-corrected chi connectivity index (χ0v) is 15.1. The van der Waals surface area contributed by atoms with E-state index in [1.165, 1.54) is 11.1 Å². The first kappa shape index (κ1) is 17.3. The molecule has 0 aliphatic rings. The van der Waals surface area contributed by atoms with E-state index in [9.17, 15) is 4.79 Å². The predicted octanol–water partition coefficient (Wildman–Crippen LogP) is 3.81. The predicted molar refractivity (Wildman–Crippen MR) is 102 cm³/mol. The molecule has 0 atom stereocenters. The number of hydrogen-bond donors (Lipinski definition) is 1. The lowest BCUT2D eigenvalue weighted by Crippen LogP contribution is -2.25. The van der Waals surface area contributed by atoms with Crippen LogP contribution in [0.3, 0.4) is 0 Å². The van der Waals surface area contributed by atoms with E-state index >= 15 is 0 Å². The monoisotopic (exact) mass is 351 g/mol. The number of benzene rings is 1. The molecule has 1 aromatic carbocycles. The molecule has 0 bridgehead atoms. The highest BCUT2D eigenvalue weighted by Gasteiger charge is 2.07. The Hall–Kier alpha value is -2.53. The number of amides is 1. The van der Waals surface area contributed by atoms with Crippen LogP contribution in [0.4, 0.5) is 0 Å². The van der Waals surface area contributed by atoms with Crippen molar-refractivity contribution in [3.8, 4) is 10.6 Å². The summed E-state index contributed by atoms with van der Waals surface area (Å²) in [5.41, 5.74) is 4.47. The number of nitrogens with one attached hydrogen (secondary N) is 1. The minimum atomic E-state index is 0.0728. The van der Waals surface area contributed by atoms with Gasteiger partial charge in [-0.2, -0.15) is 0 Å². The number of thiazole rings is 1. The number of nitrogens with zero attached hydrogens (tertiary/aromatic N) is 2. The molecule has 0 spiro atoms. The standard InChI is InChI=1S/C20H21N3OS/c1-15-4-2-5-16(12-15)9-11-22-19(24)8-7-18-14-25-20(23-18)17-6-3-10-21-13-17/h2-6,10,12-14H,7-9,11H2,1H3,(H,22,24). The third-order valence-corrected chi connectivity index (χ3v) is 4.83. The molecule has 0 aliphatic heterocycles. The molecule has 3 rings (SSSR count). The van der Waals surface area contributed by atoms with Crippen LogP contribution in [0.25, 0.3) is 10.6 Å². The van der Waals surface area contributed by atoms with Gasteiger partial charge in [-0.05, 0) is 37.5 Å². The van der Waals surface area contributed by atoms with Gasteiger partial charge >= 0.3 is 0 Å². The van der Waals surface area contributed by atoms with Crippen molar-refractivity contribution >= 4 is 17.2 Å². The van der Waals surface area contributed by atoms with Gasteiger partial charge in [0.15, 0.2) is 0 Å². The molecule has 0 aliphatic carbocycles. The van der Waals surface area contributed by atoms with Gasteiger partial charge in [-0.25, -0.2) is 4.98 Å². The van der Waals surface area contributed by atoms with Gasteiger partial charge in [-0.15, -0.1) is 11.3 Å². The number of carbonyl (C=O) groups is 1. The van der Waals surface area contributed by atoms with Crippen molar-refractivity contribution in [3.63, 3.8) is 0 Å². The van der Waals surface area contributed by atoms with E-state index in [1.807, 2.05) is 17.5 Å². The van der Waals surface area contributed by atoms with E-state index in [2.05, 4.69) is 46.5 Å². The smallest absolute Gasteiger partial charge is 0.220 e. The lowest BCUT2D eigenvalue weighted by Gasteiger charge is -2.05.